The van der Waals surface area contributed by atoms with E-state index in [2.05, 4.69) is 41.0 Å². The third kappa shape index (κ3) is 3.94. The van der Waals surface area contributed by atoms with Gasteiger partial charge in [0.15, 0.2) is 0 Å². The summed E-state index contributed by atoms with van der Waals surface area (Å²) in [6, 6.07) is 8.91. The topological polar surface area (TPSA) is 36.0 Å². The monoisotopic (exact) mass is 331 g/mol. The summed E-state index contributed by atoms with van der Waals surface area (Å²) in [6.45, 7) is 10.1. The number of hydrogen-bond donors (Lipinski definition) is 0. The molecule has 0 aromatic heterocycles. The summed E-state index contributed by atoms with van der Waals surface area (Å²) in [4.78, 5) is 18.4. The Morgan fingerprint density at radius 3 is 1.96 bits per heavy atom. The molecule has 0 unspecified atom stereocenters. The Morgan fingerprint density at radius 1 is 0.958 bits per heavy atom. The van der Waals surface area contributed by atoms with Crippen molar-refractivity contribution in [2.24, 2.45) is 5.92 Å². The van der Waals surface area contributed by atoms with Gasteiger partial charge in [0.2, 0.25) is 0 Å². The van der Waals surface area contributed by atoms with Crippen molar-refractivity contribution in [3.05, 3.63) is 24.3 Å². The molecule has 0 radical (unpaired) electrons. The minimum Gasteiger partial charge on any atom is -0.450 e. The summed E-state index contributed by atoms with van der Waals surface area (Å²) in [6.07, 6.45) is 2.39. The van der Waals surface area contributed by atoms with Crippen LogP contribution in [0, 0.1) is 5.92 Å². The molecule has 1 amide bonds. The van der Waals surface area contributed by atoms with Crippen LogP contribution in [0.4, 0.5) is 16.2 Å². The molecule has 5 nitrogen and oxygen atoms in total. The highest BCUT2D eigenvalue weighted by molar-refractivity contribution is 5.68. The predicted molar refractivity (Wildman–Crippen MR) is 97.9 cm³/mol. The average Bonchev–Trinajstić information content (AvgIpc) is 2.63. The molecule has 2 aliphatic heterocycles. The lowest BCUT2D eigenvalue weighted by Crippen LogP contribution is -2.49. The lowest BCUT2D eigenvalue weighted by molar-refractivity contribution is 0.105. The normalized spacial score (nSPS) is 19.5. The molecule has 2 saturated heterocycles. The quantitative estimate of drug-likeness (QED) is 0.852. The Morgan fingerprint density at radius 2 is 1.46 bits per heavy atom. The molecule has 5 heteroatoms. The molecule has 2 fully saturated rings. The van der Waals surface area contributed by atoms with Gasteiger partial charge < -0.3 is 19.4 Å². The number of amides is 1. The maximum atomic E-state index is 11.8. The zero-order valence-electron chi connectivity index (χ0n) is 14.9. The van der Waals surface area contributed by atoms with Crippen molar-refractivity contribution in [2.45, 2.75) is 26.7 Å². The number of piperazine rings is 1. The second kappa shape index (κ2) is 7.77. The molecule has 132 valence electrons. The molecule has 0 aliphatic carbocycles. The van der Waals surface area contributed by atoms with Gasteiger partial charge in [-0.25, -0.2) is 4.79 Å². The Balaban J connectivity index is 1.54. The fraction of sp³-hybridized carbons (Fsp3) is 0.632. The third-order valence-electron chi connectivity index (χ3n) is 5.17. The Bertz CT molecular complexity index is 530. The second-order valence-corrected chi connectivity index (χ2v) is 6.86. The van der Waals surface area contributed by atoms with E-state index in [1.807, 2.05) is 6.92 Å². The number of anilines is 2. The zero-order chi connectivity index (χ0) is 16.9. The van der Waals surface area contributed by atoms with Crippen molar-refractivity contribution in [2.75, 3.05) is 55.7 Å². The van der Waals surface area contributed by atoms with Gasteiger partial charge in [-0.15, -0.1) is 0 Å². The zero-order valence-corrected chi connectivity index (χ0v) is 14.9. The van der Waals surface area contributed by atoms with Gasteiger partial charge in [-0.2, -0.15) is 0 Å². The molecule has 2 heterocycles. The first-order chi connectivity index (χ1) is 11.7. The SMILES string of the molecule is CCOC(=O)N1CCN(c2ccc(N3CCC(C)CC3)cc2)CC1. The van der Waals surface area contributed by atoms with E-state index in [4.69, 9.17) is 4.74 Å². The number of rotatable bonds is 3. The number of carbonyl (C=O) groups is 1. The largest absolute Gasteiger partial charge is 0.450 e. The van der Waals surface area contributed by atoms with Gasteiger partial charge in [-0.1, -0.05) is 6.92 Å². The molecule has 0 N–H and O–H groups in total. The maximum Gasteiger partial charge on any atom is 0.409 e. The molecule has 3 rings (SSSR count). The van der Waals surface area contributed by atoms with E-state index >= 15 is 0 Å². The summed E-state index contributed by atoms with van der Waals surface area (Å²) in [5, 5.41) is 0. The van der Waals surface area contributed by atoms with Crippen molar-refractivity contribution in [1.29, 1.82) is 0 Å². The molecule has 24 heavy (non-hydrogen) atoms. The number of ether oxygens (including phenoxy) is 1. The van der Waals surface area contributed by atoms with Crippen LogP contribution in [0.5, 0.6) is 0 Å². The van der Waals surface area contributed by atoms with Gasteiger partial charge in [0.05, 0.1) is 6.61 Å². The molecule has 0 bridgehead atoms. The van der Waals surface area contributed by atoms with Gasteiger partial charge >= 0.3 is 6.09 Å². The summed E-state index contributed by atoms with van der Waals surface area (Å²) >= 11 is 0. The lowest BCUT2D eigenvalue weighted by Gasteiger charge is -2.36. The minimum atomic E-state index is -0.188. The van der Waals surface area contributed by atoms with Gasteiger partial charge in [0, 0.05) is 50.6 Å². The molecular formula is C19H29N3O2. The first-order valence-electron chi connectivity index (χ1n) is 9.19. The highest BCUT2D eigenvalue weighted by atomic mass is 16.6. The van der Waals surface area contributed by atoms with Crippen molar-refractivity contribution in [3.8, 4) is 0 Å². The van der Waals surface area contributed by atoms with Crippen molar-refractivity contribution >= 4 is 17.5 Å². The van der Waals surface area contributed by atoms with Crippen LogP contribution >= 0.6 is 0 Å². The molecule has 1 aromatic rings. The van der Waals surface area contributed by atoms with Crippen LogP contribution in [0.25, 0.3) is 0 Å². The van der Waals surface area contributed by atoms with Crippen LogP contribution in [0.1, 0.15) is 26.7 Å². The average molecular weight is 331 g/mol. The van der Waals surface area contributed by atoms with Crippen molar-refractivity contribution < 1.29 is 9.53 Å². The highest BCUT2D eigenvalue weighted by Crippen LogP contribution is 2.26. The standard InChI is InChI=1S/C19H29N3O2/c1-3-24-19(23)22-14-12-21(13-15-22)18-6-4-17(5-7-18)20-10-8-16(2)9-11-20/h4-7,16H,3,8-15H2,1-2H3. The van der Waals surface area contributed by atoms with Crippen LogP contribution < -0.4 is 9.80 Å². The number of carbonyl (C=O) groups excluding carboxylic acids is 1. The fourth-order valence-corrected chi connectivity index (χ4v) is 3.50. The molecule has 0 spiro atoms. The van der Waals surface area contributed by atoms with Crippen LogP contribution in [0.3, 0.4) is 0 Å². The number of benzene rings is 1. The van der Waals surface area contributed by atoms with E-state index in [1.165, 1.54) is 37.3 Å². The first kappa shape index (κ1) is 16.9. The smallest absolute Gasteiger partial charge is 0.409 e. The van der Waals surface area contributed by atoms with Gasteiger partial charge in [0.1, 0.15) is 0 Å². The predicted octanol–water partition coefficient (Wildman–Crippen LogP) is 3.20. The number of hydrogen-bond acceptors (Lipinski definition) is 4. The molecular weight excluding hydrogens is 302 g/mol. The van der Waals surface area contributed by atoms with E-state index in [0.717, 1.165) is 32.1 Å². The van der Waals surface area contributed by atoms with E-state index in [0.29, 0.717) is 6.61 Å². The molecule has 0 atom stereocenters. The van der Waals surface area contributed by atoms with Crippen LogP contribution in [0.2, 0.25) is 0 Å². The minimum absolute atomic E-state index is 0.188. The first-order valence-corrected chi connectivity index (χ1v) is 9.19. The van der Waals surface area contributed by atoms with Crippen LogP contribution in [-0.4, -0.2) is 56.9 Å². The number of nitrogens with zero attached hydrogens (tertiary/aromatic N) is 3. The maximum absolute atomic E-state index is 11.8. The van der Waals surface area contributed by atoms with Crippen LogP contribution in [-0.2, 0) is 4.74 Å². The fourth-order valence-electron chi connectivity index (χ4n) is 3.50. The Labute approximate surface area is 145 Å². The Kier molecular flexibility index (Phi) is 5.48. The van der Waals surface area contributed by atoms with Crippen molar-refractivity contribution in [1.82, 2.24) is 4.90 Å². The van der Waals surface area contributed by atoms with Gasteiger partial charge in [-0.05, 0) is 49.9 Å². The second-order valence-electron chi connectivity index (χ2n) is 6.86. The van der Waals surface area contributed by atoms with Crippen molar-refractivity contribution in [3.63, 3.8) is 0 Å². The van der Waals surface area contributed by atoms with E-state index in [9.17, 15) is 4.79 Å². The lowest BCUT2D eigenvalue weighted by atomic mass is 9.99. The molecule has 2 aliphatic rings. The van der Waals surface area contributed by atoms with E-state index in [1.54, 1.807) is 4.90 Å². The Hall–Kier alpha value is -1.91. The summed E-state index contributed by atoms with van der Waals surface area (Å²) in [5.41, 5.74) is 2.57. The number of piperidine rings is 1. The van der Waals surface area contributed by atoms with Gasteiger partial charge in [-0.3, -0.25) is 0 Å². The summed E-state index contributed by atoms with van der Waals surface area (Å²) < 4.78 is 5.08. The summed E-state index contributed by atoms with van der Waals surface area (Å²) in [5.74, 6) is 0.858. The van der Waals surface area contributed by atoms with E-state index in [-0.39, 0.29) is 6.09 Å². The summed E-state index contributed by atoms with van der Waals surface area (Å²) in [7, 11) is 0. The van der Waals surface area contributed by atoms with Crippen LogP contribution in [0.15, 0.2) is 24.3 Å². The molecule has 1 aromatic carbocycles. The van der Waals surface area contributed by atoms with E-state index < -0.39 is 0 Å². The van der Waals surface area contributed by atoms with Gasteiger partial charge in [0.25, 0.3) is 0 Å². The highest BCUT2D eigenvalue weighted by Gasteiger charge is 2.22. The molecule has 0 saturated carbocycles. The third-order valence-corrected chi connectivity index (χ3v) is 5.17.